The standard InChI is InChI=1S/C16H22BNO3/c1-15(2)16(3,4)21-17(20-15)12-7-9-13(10-8-12)18-14(19)11-5-6-11/h7-11H,5-6H2,1-4H3,(H,18,19). The maximum atomic E-state index is 11.7. The average molecular weight is 287 g/mol. The summed E-state index contributed by atoms with van der Waals surface area (Å²) in [7, 11) is -0.358. The Bertz CT molecular complexity index is 533. The lowest BCUT2D eigenvalue weighted by Gasteiger charge is -2.32. The second-order valence-electron chi connectivity index (χ2n) is 6.97. The minimum atomic E-state index is -0.358. The lowest BCUT2D eigenvalue weighted by atomic mass is 9.79. The van der Waals surface area contributed by atoms with E-state index in [1.807, 2.05) is 52.0 Å². The topological polar surface area (TPSA) is 47.6 Å². The molecule has 0 unspecified atom stereocenters. The second-order valence-corrected chi connectivity index (χ2v) is 6.97. The first-order valence-electron chi connectivity index (χ1n) is 7.55. The Morgan fingerprint density at radius 3 is 2.10 bits per heavy atom. The second kappa shape index (κ2) is 4.85. The van der Waals surface area contributed by atoms with Gasteiger partial charge in [0.15, 0.2) is 0 Å². The van der Waals surface area contributed by atoms with Gasteiger partial charge in [-0.15, -0.1) is 0 Å². The van der Waals surface area contributed by atoms with Crippen molar-refractivity contribution in [3.8, 4) is 0 Å². The minimum Gasteiger partial charge on any atom is -0.399 e. The van der Waals surface area contributed by atoms with Gasteiger partial charge in [-0.3, -0.25) is 4.79 Å². The summed E-state index contributed by atoms with van der Waals surface area (Å²) in [4.78, 5) is 11.7. The molecule has 1 saturated carbocycles. The first-order chi connectivity index (χ1) is 9.78. The van der Waals surface area contributed by atoms with Crippen LogP contribution in [0.5, 0.6) is 0 Å². The molecule has 2 aliphatic rings. The maximum absolute atomic E-state index is 11.7. The Labute approximate surface area is 126 Å². The highest BCUT2D eigenvalue weighted by Gasteiger charge is 2.51. The number of amides is 1. The number of nitrogens with one attached hydrogen (secondary N) is 1. The molecule has 0 atom stereocenters. The van der Waals surface area contributed by atoms with Crippen molar-refractivity contribution in [2.45, 2.75) is 51.7 Å². The maximum Gasteiger partial charge on any atom is 0.494 e. The quantitative estimate of drug-likeness (QED) is 0.868. The van der Waals surface area contributed by atoms with Gasteiger partial charge in [-0.1, -0.05) is 12.1 Å². The van der Waals surface area contributed by atoms with Gasteiger partial charge < -0.3 is 14.6 Å². The van der Waals surface area contributed by atoms with Gasteiger partial charge in [0, 0.05) is 11.6 Å². The molecule has 0 aromatic heterocycles. The number of rotatable bonds is 3. The van der Waals surface area contributed by atoms with Crippen LogP contribution in [0.2, 0.25) is 0 Å². The first-order valence-corrected chi connectivity index (χ1v) is 7.55. The fraction of sp³-hybridized carbons (Fsp3) is 0.562. The van der Waals surface area contributed by atoms with Gasteiger partial charge >= 0.3 is 7.12 Å². The first kappa shape index (κ1) is 14.6. The van der Waals surface area contributed by atoms with Crippen molar-refractivity contribution in [2.75, 3.05) is 5.32 Å². The van der Waals surface area contributed by atoms with E-state index in [4.69, 9.17) is 9.31 Å². The van der Waals surface area contributed by atoms with Crippen molar-refractivity contribution in [3.05, 3.63) is 24.3 Å². The van der Waals surface area contributed by atoms with Crippen molar-refractivity contribution in [1.82, 2.24) is 0 Å². The van der Waals surface area contributed by atoms with Gasteiger partial charge in [0.05, 0.1) is 11.2 Å². The largest absolute Gasteiger partial charge is 0.494 e. The van der Waals surface area contributed by atoms with E-state index in [0.29, 0.717) is 0 Å². The predicted molar refractivity (Wildman–Crippen MR) is 83.5 cm³/mol. The van der Waals surface area contributed by atoms with Gasteiger partial charge in [0.2, 0.25) is 5.91 Å². The molecule has 112 valence electrons. The molecule has 0 spiro atoms. The third-order valence-electron chi connectivity index (χ3n) is 4.65. The SMILES string of the molecule is CC1(C)OB(c2ccc(NC(=O)C3CC3)cc2)OC1(C)C. The van der Waals surface area contributed by atoms with E-state index in [-0.39, 0.29) is 30.1 Å². The molecule has 5 heteroatoms. The molecule has 0 radical (unpaired) electrons. The van der Waals surface area contributed by atoms with Crippen LogP contribution in [0, 0.1) is 5.92 Å². The smallest absolute Gasteiger partial charge is 0.399 e. The molecule has 3 rings (SSSR count). The van der Waals surface area contributed by atoms with E-state index in [0.717, 1.165) is 24.0 Å². The predicted octanol–water partition coefficient (Wildman–Crippen LogP) is 2.33. The number of hydrogen-bond donors (Lipinski definition) is 1. The zero-order valence-corrected chi connectivity index (χ0v) is 13.1. The van der Waals surface area contributed by atoms with Crippen LogP contribution in [-0.4, -0.2) is 24.2 Å². The highest BCUT2D eigenvalue weighted by Crippen LogP contribution is 2.36. The number of carbonyl (C=O) groups is 1. The molecular weight excluding hydrogens is 265 g/mol. The monoisotopic (exact) mass is 287 g/mol. The molecular formula is C16H22BNO3. The number of anilines is 1. The van der Waals surface area contributed by atoms with Crippen LogP contribution in [0.3, 0.4) is 0 Å². The van der Waals surface area contributed by atoms with Crippen molar-refractivity contribution < 1.29 is 14.1 Å². The van der Waals surface area contributed by atoms with Crippen molar-refractivity contribution in [2.24, 2.45) is 5.92 Å². The molecule has 1 N–H and O–H groups in total. The van der Waals surface area contributed by atoms with E-state index in [1.54, 1.807) is 0 Å². The summed E-state index contributed by atoms with van der Waals surface area (Å²) in [5, 5.41) is 2.93. The fourth-order valence-electron chi connectivity index (χ4n) is 2.29. The molecule has 21 heavy (non-hydrogen) atoms. The molecule has 1 aromatic rings. The van der Waals surface area contributed by atoms with Crippen LogP contribution >= 0.6 is 0 Å². The Balaban J connectivity index is 1.68. The third-order valence-corrected chi connectivity index (χ3v) is 4.65. The summed E-state index contributed by atoms with van der Waals surface area (Å²) in [6, 6.07) is 7.70. The van der Waals surface area contributed by atoms with Gasteiger partial charge in [-0.05, 0) is 58.1 Å². The highest BCUT2D eigenvalue weighted by atomic mass is 16.7. The van der Waals surface area contributed by atoms with E-state index >= 15 is 0 Å². The summed E-state index contributed by atoms with van der Waals surface area (Å²) < 4.78 is 12.0. The molecule has 4 nitrogen and oxygen atoms in total. The molecule has 1 aliphatic heterocycles. The van der Waals surface area contributed by atoms with E-state index in [1.165, 1.54) is 0 Å². The molecule has 1 amide bonds. The van der Waals surface area contributed by atoms with Crippen LogP contribution in [0.4, 0.5) is 5.69 Å². The molecule has 1 heterocycles. The molecule has 0 bridgehead atoms. The van der Waals surface area contributed by atoms with Crippen molar-refractivity contribution in [1.29, 1.82) is 0 Å². The molecule has 1 saturated heterocycles. The lowest BCUT2D eigenvalue weighted by molar-refractivity contribution is -0.117. The average Bonchev–Trinajstić information content (AvgIpc) is 3.19. The van der Waals surface area contributed by atoms with Crippen LogP contribution in [-0.2, 0) is 14.1 Å². The van der Waals surface area contributed by atoms with Gasteiger partial charge in [-0.2, -0.15) is 0 Å². The zero-order chi connectivity index (χ0) is 15.3. The van der Waals surface area contributed by atoms with E-state index < -0.39 is 0 Å². The Kier molecular flexibility index (Phi) is 3.37. The Morgan fingerprint density at radius 1 is 1.10 bits per heavy atom. The van der Waals surface area contributed by atoms with Crippen LogP contribution in [0.1, 0.15) is 40.5 Å². The van der Waals surface area contributed by atoms with Crippen molar-refractivity contribution >= 4 is 24.2 Å². The van der Waals surface area contributed by atoms with Gasteiger partial charge in [0.1, 0.15) is 0 Å². The van der Waals surface area contributed by atoms with E-state index in [9.17, 15) is 4.79 Å². The van der Waals surface area contributed by atoms with Gasteiger partial charge in [0.25, 0.3) is 0 Å². The number of hydrogen-bond acceptors (Lipinski definition) is 3. The summed E-state index contributed by atoms with van der Waals surface area (Å²) >= 11 is 0. The molecule has 2 fully saturated rings. The number of carbonyl (C=O) groups excluding carboxylic acids is 1. The molecule has 1 aliphatic carbocycles. The lowest BCUT2D eigenvalue weighted by Crippen LogP contribution is -2.41. The Hall–Kier alpha value is -1.33. The van der Waals surface area contributed by atoms with Gasteiger partial charge in [-0.25, -0.2) is 0 Å². The summed E-state index contributed by atoms with van der Waals surface area (Å²) in [5.74, 6) is 0.339. The Morgan fingerprint density at radius 2 is 1.62 bits per heavy atom. The van der Waals surface area contributed by atoms with Crippen LogP contribution in [0.15, 0.2) is 24.3 Å². The zero-order valence-electron chi connectivity index (χ0n) is 13.1. The summed E-state index contributed by atoms with van der Waals surface area (Å²) in [6.07, 6.45) is 2.02. The normalized spacial score (nSPS) is 23.1. The minimum absolute atomic E-state index is 0.124. The summed E-state index contributed by atoms with van der Waals surface area (Å²) in [5.41, 5.74) is 1.12. The fourth-order valence-corrected chi connectivity index (χ4v) is 2.29. The molecule has 1 aromatic carbocycles. The van der Waals surface area contributed by atoms with Crippen molar-refractivity contribution in [3.63, 3.8) is 0 Å². The third kappa shape index (κ3) is 2.85. The van der Waals surface area contributed by atoms with Crippen LogP contribution < -0.4 is 10.8 Å². The highest BCUT2D eigenvalue weighted by molar-refractivity contribution is 6.62. The number of benzene rings is 1. The summed E-state index contributed by atoms with van der Waals surface area (Å²) in [6.45, 7) is 8.16. The van der Waals surface area contributed by atoms with E-state index in [2.05, 4.69) is 5.32 Å². The van der Waals surface area contributed by atoms with Crippen LogP contribution in [0.25, 0.3) is 0 Å².